The molecule has 0 amide bonds. The Morgan fingerprint density at radius 3 is 2.00 bits per heavy atom. The molecule has 0 unspecified atom stereocenters. The van der Waals surface area contributed by atoms with Gasteiger partial charge in [-0.1, -0.05) is 57.7 Å². The number of rotatable bonds is 8. The summed E-state index contributed by atoms with van der Waals surface area (Å²) >= 11 is 0. The molecular weight excluding hydrogens is 212 g/mol. The number of hydrogen-bond acceptors (Lipinski definition) is 1. The van der Waals surface area contributed by atoms with Crippen LogP contribution in [0.1, 0.15) is 39.5 Å². The zero-order valence-corrected chi connectivity index (χ0v) is 11.5. The highest BCUT2D eigenvalue weighted by Crippen LogP contribution is 2.16. The number of hydrogen-bond donors (Lipinski definition) is 0. The van der Waals surface area contributed by atoms with Crippen LogP contribution in [0.3, 0.4) is 0 Å². The van der Waals surface area contributed by atoms with Crippen molar-refractivity contribution in [3.05, 3.63) is 30.3 Å². The van der Waals surface area contributed by atoms with Gasteiger partial charge in [0, 0.05) is 0 Å². The molecule has 1 radical (unpaired) electrons. The third kappa shape index (κ3) is 5.36. The molecule has 0 aliphatic rings. The zero-order chi connectivity index (χ0) is 11.6. The van der Waals surface area contributed by atoms with E-state index in [0.717, 1.165) is 5.75 Å². The zero-order valence-electron chi connectivity index (χ0n) is 10.5. The second kappa shape index (κ2) is 8.40. The highest BCUT2D eigenvalue weighted by atomic mass is 28.3. The smallest absolute Gasteiger partial charge is 0.280 e. The van der Waals surface area contributed by atoms with Crippen molar-refractivity contribution in [3.8, 4) is 5.75 Å². The third-order valence-corrected chi connectivity index (χ3v) is 4.97. The molecule has 0 bridgehead atoms. The lowest BCUT2D eigenvalue weighted by Crippen LogP contribution is -2.21. The Morgan fingerprint density at radius 1 is 0.938 bits per heavy atom. The molecule has 16 heavy (non-hydrogen) atoms. The maximum Gasteiger partial charge on any atom is 0.280 e. The minimum Gasteiger partial charge on any atom is -0.542 e. The van der Waals surface area contributed by atoms with Crippen molar-refractivity contribution in [2.45, 2.75) is 51.6 Å². The fraction of sp³-hybridized carbons (Fsp3) is 0.571. The first-order chi connectivity index (χ1) is 7.86. The molecule has 1 aromatic carbocycles. The lowest BCUT2D eigenvalue weighted by atomic mass is 10.3. The van der Waals surface area contributed by atoms with Crippen LogP contribution in [0.2, 0.25) is 12.1 Å². The molecule has 0 spiro atoms. The number of benzene rings is 1. The van der Waals surface area contributed by atoms with Gasteiger partial charge >= 0.3 is 0 Å². The molecule has 0 N–H and O–H groups in total. The Hall–Kier alpha value is -0.763. The van der Waals surface area contributed by atoms with Crippen LogP contribution in [0.4, 0.5) is 0 Å². The molecule has 0 atom stereocenters. The van der Waals surface area contributed by atoms with Crippen molar-refractivity contribution < 1.29 is 4.43 Å². The summed E-state index contributed by atoms with van der Waals surface area (Å²) in [6.45, 7) is 4.50. The summed E-state index contributed by atoms with van der Waals surface area (Å²) in [6.07, 6.45) is 5.17. The molecule has 1 nitrogen and oxygen atoms in total. The molecule has 89 valence electrons. The predicted octanol–water partition coefficient (Wildman–Crippen LogP) is 4.66. The maximum atomic E-state index is 6.12. The summed E-state index contributed by atoms with van der Waals surface area (Å²) in [5.41, 5.74) is 0. The second-order valence-corrected chi connectivity index (χ2v) is 6.44. The maximum absolute atomic E-state index is 6.12. The van der Waals surface area contributed by atoms with Crippen LogP contribution in [-0.4, -0.2) is 9.04 Å². The molecule has 0 saturated heterocycles. The van der Waals surface area contributed by atoms with Crippen molar-refractivity contribution in [2.75, 3.05) is 0 Å². The van der Waals surface area contributed by atoms with Gasteiger partial charge in [-0.25, -0.2) is 0 Å². The van der Waals surface area contributed by atoms with Gasteiger partial charge < -0.3 is 4.43 Å². The highest BCUT2D eigenvalue weighted by Gasteiger charge is 2.13. The van der Waals surface area contributed by atoms with E-state index >= 15 is 0 Å². The summed E-state index contributed by atoms with van der Waals surface area (Å²) in [4.78, 5) is 0. The van der Waals surface area contributed by atoms with Crippen molar-refractivity contribution in [2.24, 2.45) is 0 Å². The largest absolute Gasteiger partial charge is 0.542 e. The molecule has 0 aliphatic heterocycles. The van der Waals surface area contributed by atoms with E-state index in [9.17, 15) is 0 Å². The number of para-hydroxylation sites is 1. The van der Waals surface area contributed by atoms with E-state index < -0.39 is 9.04 Å². The summed E-state index contributed by atoms with van der Waals surface area (Å²) in [7, 11) is -0.622. The van der Waals surface area contributed by atoms with Crippen molar-refractivity contribution in [1.82, 2.24) is 0 Å². The normalized spacial score (nSPS) is 10.7. The Bertz CT molecular complexity index is 253. The van der Waals surface area contributed by atoms with Gasteiger partial charge in [0.1, 0.15) is 5.75 Å². The predicted molar refractivity (Wildman–Crippen MR) is 72.3 cm³/mol. The molecular formula is C14H23OSi. The van der Waals surface area contributed by atoms with Gasteiger partial charge in [0.05, 0.1) is 0 Å². The van der Waals surface area contributed by atoms with Crippen LogP contribution in [-0.2, 0) is 0 Å². The van der Waals surface area contributed by atoms with Gasteiger partial charge in [0.2, 0.25) is 0 Å². The first-order valence-electron chi connectivity index (χ1n) is 6.44. The average Bonchev–Trinajstić information content (AvgIpc) is 2.34. The topological polar surface area (TPSA) is 9.23 Å². The molecule has 0 aliphatic carbocycles. The summed E-state index contributed by atoms with van der Waals surface area (Å²) in [6, 6.07) is 12.9. The number of unbranched alkanes of at least 4 members (excludes halogenated alkanes) is 2. The lowest BCUT2D eigenvalue weighted by molar-refractivity contribution is 0.553. The molecule has 0 fully saturated rings. The molecule has 1 rings (SSSR count). The molecule has 2 heteroatoms. The van der Waals surface area contributed by atoms with Crippen LogP contribution in [0.15, 0.2) is 30.3 Å². The summed E-state index contributed by atoms with van der Waals surface area (Å²) in [5, 5.41) is 0. The van der Waals surface area contributed by atoms with E-state index in [0.29, 0.717) is 0 Å². The van der Waals surface area contributed by atoms with Gasteiger partial charge in [-0.05, 0) is 24.2 Å². The molecule has 1 aromatic rings. The van der Waals surface area contributed by atoms with Gasteiger partial charge in [-0.15, -0.1) is 0 Å². The van der Waals surface area contributed by atoms with Crippen LogP contribution in [0, 0.1) is 0 Å². The first-order valence-corrected chi connectivity index (χ1v) is 8.26. The van der Waals surface area contributed by atoms with Crippen LogP contribution < -0.4 is 4.43 Å². The minimum atomic E-state index is -0.622. The second-order valence-electron chi connectivity index (χ2n) is 4.16. The van der Waals surface area contributed by atoms with E-state index in [1.807, 2.05) is 6.07 Å². The Morgan fingerprint density at radius 2 is 1.50 bits per heavy atom. The lowest BCUT2D eigenvalue weighted by Gasteiger charge is -2.16. The van der Waals surface area contributed by atoms with E-state index in [-0.39, 0.29) is 0 Å². The third-order valence-electron chi connectivity index (χ3n) is 2.62. The van der Waals surface area contributed by atoms with Crippen molar-refractivity contribution in [3.63, 3.8) is 0 Å². The first kappa shape index (κ1) is 13.3. The SMILES string of the molecule is CCCC[Si](CCCC)Oc1ccccc1. The van der Waals surface area contributed by atoms with Crippen molar-refractivity contribution >= 4 is 9.04 Å². The molecule has 0 saturated carbocycles. The van der Waals surface area contributed by atoms with Crippen molar-refractivity contribution in [1.29, 1.82) is 0 Å². The Balaban J connectivity index is 2.42. The fourth-order valence-corrected chi connectivity index (χ4v) is 4.05. The van der Waals surface area contributed by atoms with Crippen LogP contribution >= 0.6 is 0 Å². The highest BCUT2D eigenvalue weighted by molar-refractivity contribution is 6.52. The standard InChI is InChI=1S/C14H23OSi/c1-3-5-12-16(13-6-4-2)15-14-10-8-7-9-11-14/h7-11H,3-6,12-13H2,1-2H3. The van der Waals surface area contributed by atoms with E-state index in [4.69, 9.17) is 4.43 Å². The van der Waals surface area contributed by atoms with Gasteiger partial charge in [0.15, 0.2) is 0 Å². The summed E-state index contributed by atoms with van der Waals surface area (Å²) < 4.78 is 6.12. The molecule has 0 aromatic heterocycles. The molecule has 0 heterocycles. The van der Waals surface area contributed by atoms with Gasteiger partial charge in [-0.3, -0.25) is 0 Å². The minimum absolute atomic E-state index is 0.622. The Labute approximate surface area is 102 Å². The summed E-state index contributed by atoms with van der Waals surface area (Å²) in [5.74, 6) is 1.06. The monoisotopic (exact) mass is 235 g/mol. The van der Waals surface area contributed by atoms with Gasteiger partial charge in [-0.2, -0.15) is 0 Å². The van der Waals surface area contributed by atoms with Crippen LogP contribution in [0.5, 0.6) is 5.75 Å². The average molecular weight is 235 g/mol. The Kier molecular flexibility index (Phi) is 6.98. The van der Waals surface area contributed by atoms with Gasteiger partial charge in [0.25, 0.3) is 9.04 Å². The fourth-order valence-electron chi connectivity index (χ4n) is 1.63. The quantitative estimate of drug-likeness (QED) is 0.596. The van der Waals surface area contributed by atoms with E-state index in [2.05, 4.69) is 38.1 Å². The van der Waals surface area contributed by atoms with Crippen LogP contribution in [0.25, 0.3) is 0 Å². The van der Waals surface area contributed by atoms with E-state index in [1.165, 1.54) is 37.8 Å². The van der Waals surface area contributed by atoms with E-state index in [1.54, 1.807) is 0 Å².